The number of Topliss-reactive ketones (excluding diaryl/α,β-unsaturated/α-hetero) is 1. The van der Waals surface area contributed by atoms with Crippen LogP contribution in [0.5, 0.6) is 0 Å². The fourth-order valence-electron chi connectivity index (χ4n) is 2.03. The number of benzene rings is 2. The van der Waals surface area contributed by atoms with Crippen LogP contribution in [0.1, 0.15) is 27.9 Å². The maximum absolute atomic E-state index is 12.1. The average Bonchev–Trinajstić information content (AvgIpc) is 2.48. The molecule has 0 aliphatic carbocycles. The molecule has 20 heavy (non-hydrogen) atoms. The van der Waals surface area contributed by atoms with Gasteiger partial charge in [0.25, 0.3) is 0 Å². The van der Waals surface area contributed by atoms with E-state index in [4.69, 9.17) is 0 Å². The Labute approximate surface area is 119 Å². The molecular weight excluding hydrogens is 248 g/mol. The van der Waals surface area contributed by atoms with Crippen molar-refractivity contribution < 1.29 is 9.90 Å². The molecule has 2 rings (SSSR count). The molecule has 1 atom stereocenters. The molecule has 0 radical (unpaired) electrons. The minimum Gasteiger partial charge on any atom is -0.385 e. The van der Waals surface area contributed by atoms with E-state index in [9.17, 15) is 9.90 Å². The fraction of sp³-hybridized carbons (Fsp3) is 0.167. The summed E-state index contributed by atoms with van der Waals surface area (Å²) in [6, 6.07) is 16.7. The second kappa shape index (κ2) is 6.31. The standard InChI is InChI=1S/C18H18O2/c1-13-8-10-15(11-9-13)14(2)12-17(19)18(20)16-6-4-3-5-7-16/h3-11,17,19H,2,12H2,1H3/t17-/m0/s1. The quantitative estimate of drug-likeness (QED) is 0.839. The van der Waals surface area contributed by atoms with E-state index < -0.39 is 6.10 Å². The minimum atomic E-state index is -1.05. The Hall–Kier alpha value is -2.19. The Morgan fingerprint density at radius 1 is 1.05 bits per heavy atom. The lowest BCUT2D eigenvalue weighted by molar-refractivity contribution is 0.0757. The lowest BCUT2D eigenvalue weighted by Crippen LogP contribution is -2.20. The molecule has 2 aromatic rings. The first kappa shape index (κ1) is 14.2. The third kappa shape index (κ3) is 3.43. The molecule has 0 spiro atoms. The van der Waals surface area contributed by atoms with Crippen LogP contribution in [0.25, 0.3) is 5.57 Å². The van der Waals surface area contributed by atoms with Crippen molar-refractivity contribution in [3.63, 3.8) is 0 Å². The molecule has 0 bridgehead atoms. The molecule has 2 aromatic carbocycles. The van der Waals surface area contributed by atoms with Crippen molar-refractivity contribution in [3.8, 4) is 0 Å². The van der Waals surface area contributed by atoms with Gasteiger partial charge in [-0.3, -0.25) is 4.79 Å². The van der Waals surface area contributed by atoms with Gasteiger partial charge in [0.05, 0.1) is 0 Å². The normalized spacial score (nSPS) is 11.9. The summed E-state index contributed by atoms with van der Waals surface area (Å²) < 4.78 is 0. The van der Waals surface area contributed by atoms with Crippen LogP contribution < -0.4 is 0 Å². The van der Waals surface area contributed by atoms with Gasteiger partial charge >= 0.3 is 0 Å². The first-order chi connectivity index (χ1) is 9.58. The van der Waals surface area contributed by atoms with Crippen LogP contribution in [0.2, 0.25) is 0 Å². The maximum Gasteiger partial charge on any atom is 0.191 e. The zero-order chi connectivity index (χ0) is 14.5. The van der Waals surface area contributed by atoms with Crippen molar-refractivity contribution >= 4 is 11.4 Å². The molecule has 1 N–H and O–H groups in total. The fourth-order valence-corrected chi connectivity index (χ4v) is 2.03. The number of ketones is 1. The Morgan fingerprint density at radius 3 is 2.25 bits per heavy atom. The highest BCUT2D eigenvalue weighted by Gasteiger charge is 2.18. The van der Waals surface area contributed by atoms with E-state index in [-0.39, 0.29) is 12.2 Å². The molecule has 0 aliphatic heterocycles. The SMILES string of the molecule is C=C(C[C@H](O)C(=O)c1ccccc1)c1ccc(C)cc1. The molecule has 2 heteroatoms. The van der Waals surface area contributed by atoms with E-state index >= 15 is 0 Å². The third-order valence-corrected chi connectivity index (χ3v) is 3.26. The largest absolute Gasteiger partial charge is 0.385 e. The summed E-state index contributed by atoms with van der Waals surface area (Å²) in [6.45, 7) is 5.97. The van der Waals surface area contributed by atoms with E-state index in [2.05, 4.69) is 6.58 Å². The Bertz CT molecular complexity index is 597. The summed E-state index contributed by atoms with van der Waals surface area (Å²) in [6.07, 6.45) is -0.803. The first-order valence-corrected chi connectivity index (χ1v) is 6.60. The number of hydrogen-bond acceptors (Lipinski definition) is 2. The van der Waals surface area contributed by atoms with E-state index in [0.717, 1.165) is 11.1 Å². The van der Waals surface area contributed by atoms with Crippen LogP contribution in [0, 0.1) is 6.92 Å². The highest BCUT2D eigenvalue weighted by atomic mass is 16.3. The lowest BCUT2D eigenvalue weighted by Gasteiger charge is -2.12. The van der Waals surface area contributed by atoms with Crippen LogP contribution in [0.15, 0.2) is 61.2 Å². The first-order valence-electron chi connectivity index (χ1n) is 6.60. The van der Waals surface area contributed by atoms with Crippen LogP contribution in [0.4, 0.5) is 0 Å². The number of rotatable bonds is 5. The van der Waals surface area contributed by atoms with Crippen molar-refractivity contribution in [2.24, 2.45) is 0 Å². The van der Waals surface area contributed by atoms with E-state index in [0.29, 0.717) is 5.56 Å². The monoisotopic (exact) mass is 266 g/mol. The van der Waals surface area contributed by atoms with Crippen molar-refractivity contribution in [3.05, 3.63) is 77.9 Å². The predicted octanol–water partition coefficient (Wildman–Crippen LogP) is 3.64. The third-order valence-electron chi connectivity index (χ3n) is 3.26. The number of aliphatic hydroxyl groups is 1. The number of carbonyl (C=O) groups excluding carboxylic acids is 1. The van der Waals surface area contributed by atoms with Crippen molar-refractivity contribution in [1.82, 2.24) is 0 Å². The highest BCUT2D eigenvalue weighted by Crippen LogP contribution is 2.20. The summed E-state index contributed by atoms with van der Waals surface area (Å²) in [7, 11) is 0. The van der Waals surface area contributed by atoms with Gasteiger partial charge in [0.2, 0.25) is 0 Å². The summed E-state index contributed by atoms with van der Waals surface area (Å²) in [4.78, 5) is 12.1. The van der Waals surface area contributed by atoms with Gasteiger partial charge in [-0.15, -0.1) is 0 Å². The van der Waals surface area contributed by atoms with Gasteiger partial charge in [-0.2, -0.15) is 0 Å². The molecule has 0 heterocycles. The molecule has 0 unspecified atom stereocenters. The molecule has 0 saturated carbocycles. The maximum atomic E-state index is 12.1. The molecule has 0 saturated heterocycles. The number of hydrogen-bond donors (Lipinski definition) is 1. The Kier molecular flexibility index (Phi) is 4.49. The molecule has 0 amide bonds. The van der Waals surface area contributed by atoms with E-state index in [1.807, 2.05) is 37.3 Å². The van der Waals surface area contributed by atoms with Crippen LogP contribution in [0.3, 0.4) is 0 Å². The predicted molar refractivity (Wildman–Crippen MR) is 81.6 cm³/mol. The lowest BCUT2D eigenvalue weighted by atomic mass is 9.96. The van der Waals surface area contributed by atoms with E-state index in [1.165, 1.54) is 5.56 Å². The summed E-state index contributed by atoms with van der Waals surface area (Å²) >= 11 is 0. The van der Waals surface area contributed by atoms with Gasteiger partial charge in [-0.05, 0) is 18.1 Å². The van der Waals surface area contributed by atoms with Crippen molar-refractivity contribution in [2.45, 2.75) is 19.4 Å². The molecule has 102 valence electrons. The zero-order valence-corrected chi connectivity index (χ0v) is 11.5. The highest BCUT2D eigenvalue weighted by molar-refractivity contribution is 6.00. The Morgan fingerprint density at radius 2 is 1.65 bits per heavy atom. The summed E-state index contributed by atoms with van der Waals surface area (Å²) in [5.74, 6) is -0.265. The van der Waals surface area contributed by atoms with Gasteiger partial charge in [-0.1, -0.05) is 66.7 Å². The van der Waals surface area contributed by atoms with Gasteiger partial charge in [0.1, 0.15) is 6.10 Å². The molecule has 0 fully saturated rings. The average molecular weight is 266 g/mol. The van der Waals surface area contributed by atoms with Crippen molar-refractivity contribution in [2.75, 3.05) is 0 Å². The van der Waals surface area contributed by atoms with Crippen LogP contribution >= 0.6 is 0 Å². The van der Waals surface area contributed by atoms with Crippen molar-refractivity contribution in [1.29, 1.82) is 0 Å². The number of carbonyl (C=O) groups is 1. The van der Waals surface area contributed by atoms with Gasteiger partial charge in [-0.25, -0.2) is 0 Å². The summed E-state index contributed by atoms with van der Waals surface area (Å²) in [5, 5.41) is 10.0. The number of aliphatic hydroxyl groups excluding tert-OH is 1. The summed E-state index contributed by atoms with van der Waals surface area (Å²) in [5.41, 5.74) is 3.41. The molecule has 2 nitrogen and oxygen atoms in total. The molecule has 0 aliphatic rings. The molecule has 0 aromatic heterocycles. The van der Waals surface area contributed by atoms with Crippen LogP contribution in [-0.4, -0.2) is 17.0 Å². The van der Waals surface area contributed by atoms with Crippen LogP contribution in [-0.2, 0) is 0 Å². The van der Waals surface area contributed by atoms with Gasteiger partial charge in [0, 0.05) is 12.0 Å². The van der Waals surface area contributed by atoms with Gasteiger partial charge in [0.15, 0.2) is 5.78 Å². The second-order valence-electron chi connectivity index (χ2n) is 4.92. The number of aryl methyl sites for hydroxylation is 1. The topological polar surface area (TPSA) is 37.3 Å². The van der Waals surface area contributed by atoms with E-state index in [1.54, 1.807) is 24.3 Å². The zero-order valence-electron chi connectivity index (χ0n) is 11.5. The van der Waals surface area contributed by atoms with Gasteiger partial charge < -0.3 is 5.11 Å². The molecular formula is C18H18O2. The smallest absolute Gasteiger partial charge is 0.191 e. The second-order valence-corrected chi connectivity index (χ2v) is 4.92. The minimum absolute atomic E-state index is 0.247. The Balaban J connectivity index is 2.04.